The summed E-state index contributed by atoms with van der Waals surface area (Å²) in [5.41, 5.74) is 0. The van der Waals surface area contributed by atoms with E-state index in [4.69, 9.17) is 0 Å². The molecule has 0 aromatic heterocycles. The fourth-order valence-corrected chi connectivity index (χ4v) is 3.04. The van der Waals surface area contributed by atoms with E-state index in [1.165, 1.54) is 13.0 Å². The third kappa shape index (κ3) is 4.53. The molecule has 2 N–H and O–H groups in total. The number of halogens is 2. The lowest BCUT2D eigenvalue weighted by atomic mass is 10.3. The molecule has 0 radical (unpaired) electrons. The van der Waals surface area contributed by atoms with E-state index in [1.807, 2.05) is 6.92 Å². The van der Waals surface area contributed by atoms with E-state index < -0.39 is 32.7 Å². The Morgan fingerprint density at radius 3 is 2.65 bits per heavy atom. The van der Waals surface area contributed by atoms with Gasteiger partial charge in [0.05, 0.1) is 6.04 Å². The second-order valence-electron chi connectivity index (χ2n) is 4.21. The third-order valence-corrected chi connectivity index (χ3v) is 4.53. The van der Waals surface area contributed by atoms with Gasteiger partial charge < -0.3 is 5.32 Å². The van der Waals surface area contributed by atoms with E-state index >= 15 is 0 Å². The lowest BCUT2D eigenvalue weighted by Crippen LogP contribution is -2.45. The maximum atomic E-state index is 13.7. The van der Waals surface area contributed by atoms with Crippen LogP contribution in [0.25, 0.3) is 0 Å². The first kappa shape index (κ1) is 17.1. The highest BCUT2D eigenvalue weighted by Crippen LogP contribution is 2.19. The van der Waals surface area contributed by atoms with Crippen LogP contribution in [0.1, 0.15) is 20.3 Å². The summed E-state index contributed by atoms with van der Waals surface area (Å²) in [5.74, 6) is -1.33. The van der Waals surface area contributed by atoms with Crippen LogP contribution in [0.4, 0.5) is 4.39 Å². The molecule has 0 bridgehead atoms. The summed E-state index contributed by atoms with van der Waals surface area (Å²) in [5, 5.41) is 2.56. The lowest BCUT2D eigenvalue weighted by molar-refractivity contribution is -0.122. The first-order chi connectivity index (χ1) is 9.27. The van der Waals surface area contributed by atoms with E-state index in [9.17, 15) is 17.6 Å². The molecule has 0 saturated carbocycles. The van der Waals surface area contributed by atoms with E-state index in [0.717, 1.165) is 18.6 Å². The predicted molar refractivity (Wildman–Crippen MR) is 77.2 cm³/mol. The SMILES string of the molecule is CCCNC(=O)C(C)NS(=O)(=O)c1ccc(Br)cc1F. The Morgan fingerprint density at radius 2 is 2.10 bits per heavy atom. The van der Waals surface area contributed by atoms with Crippen molar-refractivity contribution in [1.29, 1.82) is 0 Å². The van der Waals surface area contributed by atoms with Crippen LogP contribution in [0.15, 0.2) is 27.6 Å². The van der Waals surface area contributed by atoms with Crippen LogP contribution in [0.2, 0.25) is 0 Å². The second-order valence-corrected chi connectivity index (χ2v) is 6.81. The highest BCUT2D eigenvalue weighted by molar-refractivity contribution is 9.10. The number of nitrogens with one attached hydrogen (secondary N) is 2. The Bertz CT molecular complexity index is 592. The first-order valence-electron chi connectivity index (χ1n) is 6.03. The summed E-state index contributed by atoms with van der Waals surface area (Å²) in [6.45, 7) is 3.74. The summed E-state index contributed by atoms with van der Waals surface area (Å²) in [6.07, 6.45) is 0.743. The zero-order valence-electron chi connectivity index (χ0n) is 11.1. The molecule has 1 atom stereocenters. The minimum atomic E-state index is -4.08. The molecule has 1 amide bonds. The summed E-state index contributed by atoms with van der Waals surface area (Å²) >= 11 is 3.05. The Morgan fingerprint density at radius 1 is 1.45 bits per heavy atom. The molecule has 5 nitrogen and oxygen atoms in total. The Labute approximate surface area is 126 Å². The molecule has 0 fully saturated rings. The molecule has 0 spiro atoms. The molecule has 0 aliphatic carbocycles. The number of sulfonamides is 1. The van der Waals surface area contributed by atoms with E-state index in [2.05, 4.69) is 26.0 Å². The number of rotatable bonds is 6. The molecule has 1 aromatic carbocycles. The van der Waals surface area contributed by atoms with Gasteiger partial charge in [0.15, 0.2) is 0 Å². The van der Waals surface area contributed by atoms with Crippen molar-refractivity contribution in [2.75, 3.05) is 6.54 Å². The maximum absolute atomic E-state index is 13.7. The minimum Gasteiger partial charge on any atom is -0.355 e. The summed E-state index contributed by atoms with van der Waals surface area (Å²) in [6, 6.07) is 2.63. The molecular formula is C12H16BrFN2O3S. The van der Waals surface area contributed by atoms with Gasteiger partial charge >= 0.3 is 0 Å². The number of hydrogen-bond acceptors (Lipinski definition) is 3. The number of amides is 1. The van der Waals surface area contributed by atoms with Gasteiger partial charge in [-0.15, -0.1) is 0 Å². The van der Waals surface area contributed by atoms with Crippen LogP contribution in [0.5, 0.6) is 0 Å². The molecule has 1 aromatic rings. The van der Waals surface area contributed by atoms with Crippen LogP contribution in [-0.4, -0.2) is 26.9 Å². The van der Waals surface area contributed by atoms with Gasteiger partial charge in [0.1, 0.15) is 10.7 Å². The van der Waals surface area contributed by atoms with Crippen LogP contribution in [0.3, 0.4) is 0 Å². The van der Waals surface area contributed by atoms with E-state index in [1.54, 1.807) is 0 Å². The predicted octanol–water partition coefficient (Wildman–Crippen LogP) is 1.78. The minimum absolute atomic E-state index is 0.433. The fraction of sp³-hybridized carbons (Fsp3) is 0.417. The van der Waals surface area contributed by atoms with Crippen LogP contribution in [-0.2, 0) is 14.8 Å². The second kappa shape index (κ2) is 7.14. The van der Waals surface area contributed by atoms with Gasteiger partial charge in [-0.2, -0.15) is 4.72 Å². The normalized spacial score (nSPS) is 13.0. The van der Waals surface area contributed by atoms with Gasteiger partial charge in [0, 0.05) is 11.0 Å². The van der Waals surface area contributed by atoms with Gasteiger partial charge in [-0.1, -0.05) is 22.9 Å². The van der Waals surface area contributed by atoms with Gasteiger partial charge in [-0.25, -0.2) is 12.8 Å². The van der Waals surface area contributed by atoms with Gasteiger partial charge in [-0.3, -0.25) is 4.79 Å². The molecule has 0 saturated heterocycles. The van der Waals surface area contributed by atoms with Crippen molar-refractivity contribution in [2.24, 2.45) is 0 Å². The van der Waals surface area contributed by atoms with E-state index in [-0.39, 0.29) is 0 Å². The smallest absolute Gasteiger partial charge is 0.244 e. The Kier molecular flexibility index (Phi) is 6.09. The zero-order chi connectivity index (χ0) is 15.3. The van der Waals surface area contributed by atoms with Crippen LogP contribution < -0.4 is 10.0 Å². The zero-order valence-corrected chi connectivity index (χ0v) is 13.5. The molecule has 20 heavy (non-hydrogen) atoms. The molecule has 0 aliphatic rings. The molecule has 0 heterocycles. The summed E-state index contributed by atoms with van der Waals surface area (Å²) in [4.78, 5) is 11.1. The Hall–Kier alpha value is -0.990. The topological polar surface area (TPSA) is 75.3 Å². The summed E-state index contributed by atoms with van der Waals surface area (Å²) in [7, 11) is -4.08. The highest BCUT2D eigenvalue weighted by atomic mass is 79.9. The quantitative estimate of drug-likeness (QED) is 0.805. The lowest BCUT2D eigenvalue weighted by Gasteiger charge is -2.14. The van der Waals surface area contributed by atoms with Gasteiger partial charge in [-0.05, 0) is 31.5 Å². The maximum Gasteiger partial charge on any atom is 0.244 e. The van der Waals surface area contributed by atoms with Crippen molar-refractivity contribution in [2.45, 2.75) is 31.2 Å². The number of carbonyl (C=O) groups excluding carboxylic acids is 1. The molecule has 1 unspecified atom stereocenters. The van der Waals surface area contributed by atoms with Gasteiger partial charge in [0.25, 0.3) is 0 Å². The standard InChI is InChI=1S/C12H16BrFN2O3S/c1-3-6-15-12(17)8(2)16-20(18,19)11-5-4-9(13)7-10(11)14/h4-5,7-8,16H,3,6H2,1-2H3,(H,15,17). The summed E-state index contributed by atoms with van der Waals surface area (Å²) < 4.78 is 40.2. The van der Waals surface area contributed by atoms with Crippen molar-refractivity contribution in [3.8, 4) is 0 Å². The third-order valence-electron chi connectivity index (χ3n) is 2.46. The van der Waals surface area contributed by atoms with Crippen molar-refractivity contribution in [3.05, 3.63) is 28.5 Å². The van der Waals surface area contributed by atoms with Crippen molar-refractivity contribution in [1.82, 2.24) is 10.0 Å². The monoisotopic (exact) mass is 366 g/mol. The Balaban J connectivity index is 2.87. The average molecular weight is 367 g/mol. The highest BCUT2D eigenvalue weighted by Gasteiger charge is 2.24. The molecule has 8 heteroatoms. The molecule has 1 rings (SSSR count). The van der Waals surface area contributed by atoms with Crippen LogP contribution in [0, 0.1) is 5.82 Å². The van der Waals surface area contributed by atoms with Crippen molar-refractivity contribution < 1.29 is 17.6 Å². The van der Waals surface area contributed by atoms with Gasteiger partial charge in [0.2, 0.25) is 15.9 Å². The molecule has 0 aliphatic heterocycles. The first-order valence-corrected chi connectivity index (χ1v) is 8.30. The number of benzene rings is 1. The van der Waals surface area contributed by atoms with Crippen LogP contribution >= 0.6 is 15.9 Å². The van der Waals surface area contributed by atoms with E-state index in [0.29, 0.717) is 11.0 Å². The van der Waals surface area contributed by atoms with Crippen molar-refractivity contribution in [3.63, 3.8) is 0 Å². The average Bonchev–Trinajstić information content (AvgIpc) is 2.34. The molecule has 112 valence electrons. The number of carbonyl (C=O) groups is 1. The van der Waals surface area contributed by atoms with Crippen molar-refractivity contribution >= 4 is 31.9 Å². The largest absolute Gasteiger partial charge is 0.355 e. The number of hydrogen-bond donors (Lipinski definition) is 2. The molecular weight excluding hydrogens is 351 g/mol. The fourth-order valence-electron chi connectivity index (χ4n) is 1.44.